The third kappa shape index (κ3) is 2.90. The van der Waals surface area contributed by atoms with E-state index in [0.717, 1.165) is 31.7 Å². The SMILES string of the molecule is Clc1cc(NCc2cc(Br)c3c(c2)OCO3)ccc1Br. The van der Waals surface area contributed by atoms with E-state index in [1.807, 2.05) is 30.3 Å². The van der Waals surface area contributed by atoms with Gasteiger partial charge < -0.3 is 14.8 Å². The highest BCUT2D eigenvalue weighted by Crippen LogP contribution is 2.40. The van der Waals surface area contributed by atoms with E-state index < -0.39 is 0 Å². The van der Waals surface area contributed by atoms with Crippen molar-refractivity contribution in [2.45, 2.75) is 6.54 Å². The third-order valence-electron chi connectivity index (χ3n) is 2.90. The molecule has 3 rings (SSSR count). The van der Waals surface area contributed by atoms with Crippen LogP contribution in [0.25, 0.3) is 0 Å². The number of hydrogen-bond acceptors (Lipinski definition) is 3. The van der Waals surface area contributed by atoms with Crippen molar-refractivity contribution in [1.29, 1.82) is 0 Å². The summed E-state index contributed by atoms with van der Waals surface area (Å²) in [5, 5.41) is 4.01. The van der Waals surface area contributed by atoms with Gasteiger partial charge in [-0.25, -0.2) is 0 Å². The largest absolute Gasteiger partial charge is 0.454 e. The van der Waals surface area contributed by atoms with Gasteiger partial charge >= 0.3 is 0 Å². The highest BCUT2D eigenvalue weighted by atomic mass is 79.9. The number of halogens is 3. The van der Waals surface area contributed by atoms with Crippen LogP contribution in [0.1, 0.15) is 5.56 Å². The fraction of sp³-hybridized carbons (Fsp3) is 0.143. The summed E-state index contributed by atoms with van der Waals surface area (Å²) in [4.78, 5) is 0. The molecule has 0 radical (unpaired) electrons. The zero-order valence-corrected chi connectivity index (χ0v) is 14.2. The minimum absolute atomic E-state index is 0.271. The molecule has 0 unspecified atom stereocenters. The molecule has 104 valence electrons. The Kier molecular flexibility index (Phi) is 4.10. The average Bonchev–Trinajstić information content (AvgIpc) is 2.89. The molecule has 1 aliphatic heterocycles. The fourth-order valence-electron chi connectivity index (χ4n) is 1.93. The van der Waals surface area contributed by atoms with Crippen LogP contribution in [0.3, 0.4) is 0 Å². The van der Waals surface area contributed by atoms with E-state index in [-0.39, 0.29) is 6.79 Å². The highest BCUT2D eigenvalue weighted by Gasteiger charge is 2.17. The molecule has 0 spiro atoms. The zero-order valence-electron chi connectivity index (χ0n) is 10.3. The van der Waals surface area contributed by atoms with Gasteiger partial charge in [0.1, 0.15) is 0 Å². The van der Waals surface area contributed by atoms with E-state index in [0.29, 0.717) is 11.6 Å². The Balaban J connectivity index is 1.75. The predicted molar refractivity (Wildman–Crippen MR) is 86.7 cm³/mol. The molecule has 0 amide bonds. The molecular weight excluding hydrogens is 409 g/mol. The van der Waals surface area contributed by atoms with Crippen LogP contribution >= 0.6 is 43.5 Å². The molecule has 1 aliphatic rings. The van der Waals surface area contributed by atoms with Gasteiger partial charge in [-0.2, -0.15) is 0 Å². The lowest BCUT2D eigenvalue weighted by Crippen LogP contribution is -1.99. The molecule has 1 N–H and O–H groups in total. The summed E-state index contributed by atoms with van der Waals surface area (Å²) in [6.45, 7) is 0.945. The Bertz CT molecular complexity index is 664. The minimum atomic E-state index is 0.271. The molecule has 0 saturated heterocycles. The summed E-state index contributed by atoms with van der Waals surface area (Å²) >= 11 is 12.9. The number of rotatable bonds is 3. The Morgan fingerprint density at radius 2 is 1.95 bits per heavy atom. The average molecular weight is 420 g/mol. The first-order valence-corrected chi connectivity index (χ1v) is 7.87. The van der Waals surface area contributed by atoms with Gasteiger partial charge in [0, 0.05) is 16.7 Å². The van der Waals surface area contributed by atoms with Crippen LogP contribution in [0.2, 0.25) is 5.02 Å². The van der Waals surface area contributed by atoms with E-state index in [4.69, 9.17) is 21.1 Å². The van der Waals surface area contributed by atoms with Crippen LogP contribution in [-0.4, -0.2) is 6.79 Å². The highest BCUT2D eigenvalue weighted by molar-refractivity contribution is 9.10. The summed E-state index contributed by atoms with van der Waals surface area (Å²) in [7, 11) is 0. The molecule has 0 aliphatic carbocycles. The second-order valence-corrected chi connectivity index (χ2v) is 6.41. The molecule has 1 heterocycles. The Morgan fingerprint density at radius 1 is 1.10 bits per heavy atom. The Labute approximate surface area is 138 Å². The van der Waals surface area contributed by atoms with Crippen molar-refractivity contribution in [3.8, 4) is 11.5 Å². The molecule has 3 nitrogen and oxygen atoms in total. The van der Waals surface area contributed by atoms with Gasteiger partial charge in [-0.3, -0.25) is 0 Å². The van der Waals surface area contributed by atoms with Gasteiger partial charge in [0.15, 0.2) is 11.5 Å². The van der Waals surface area contributed by atoms with Crippen molar-refractivity contribution in [2.24, 2.45) is 0 Å². The van der Waals surface area contributed by atoms with Crippen LogP contribution < -0.4 is 14.8 Å². The molecule has 0 atom stereocenters. The lowest BCUT2D eigenvalue weighted by atomic mass is 10.2. The monoisotopic (exact) mass is 417 g/mol. The summed E-state index contributed by atoms with van der Waals surface area (Å²) in [6.07, 6.45) is 0. The summed E-state index contributed by atoms with van der Waals surface area (Å²) in [6, 6.07) is 9.76. The van der Waals surface area contributed by atoms with Crippen LogP contribution in [0.5, 0.6) is 11.5 Å². The minimum Gasteiger partial charge on any atom is -0.454 e. The number of anilines is 1. The van der Waals surface area contributed by atoms with Gasteiger partial charge in [0.05, 0.1) is 9.50 Å². The fourth-order valence-corrected chi connectivity index (χ4v) is 2.96. The van der Waals surface area contributed by atoms with Gasteiger partial charge in [-0.05, 0) is 67.8 Å². The molecule has 0 fully saturated rings. The van der Waals surface area contributed by atoms with E-state index in [1.54, 1.807) is 0 Å². The molecule has 2 aromatic carbocycles. The maximum atomic E-state index is 6.07. The number of benzene rings is 2. The van der Waals surface area contributed by atoms with Crippen molar-refractivity contribution in [3.63, 3.8) is 0 Å². The molecular formula is C14H10Br2ClNO2. The van der Waals surface area contributed by atoms with E-state index in [2.05, 4.69) is 37.2 Å². The second-order valence-electron chi connectivity index (χ2n) is 4.29. The van der Waals surface area contributed by atoms with Gasteiger partial charge in [0.25, 0.3) is 0 Å². The van der Waals surface area contributed by atoms with Crippen molar-refractivity contribution >= 4 is 49.1 Å². The predicted octanol–water partition coefficient (Wildman–Crippen LogP) is 5.21. The number of hydrogen-bond donors (Lipinski definition) is 1. The number of fused-ring (bicyclic) bond motifs is 1. The maximum Gasteiger partial charge on any atom is 0.231 e. The first-order chi connectivity index (χ1) is 9.63. The van der Waals surface area contributed by atoms with Crippen LogP contribution in [0.4, 0.5) is 5.69 Å². The number of ether oxygens (including phenoxy) is 2. The van der Waals surface area contributed by atoms with E-state index in [9.17, 15) is 0 Å². The van der Waals surface area contributed by atoms with Crippen LogP contribution in [-0.2, 0) is 6.54 Å². The van der Waals surface area contributed by atoms with Crippen LogP contribution in [0.15, 0.2) is 39.3 Å². The molecule has 6 heteroatoms. The first-order valence-electron chi connectivity index (χ1n) is 5.90. The first kappa shape index (κ1) is 14.0. The Morgan fingerprint density at radius 3 is 2.75 bits per heavy atom. The standard InChI is InChI=1S/C14H10Br2ClNO2/c15-10-2-1-9(5-12(10)17)18-6-8-3-11(16)14-13(4-8)19-7-20-14/h1-5,18H,6-7H2. The van der Waals surface area contributed by atoms with Crippen LogP contribution in [0, 0.1) is 0 Å². The quantitative estimate of drug-likeness (QED) is 0.741. The van der Waals surface area contributed by atoms with E-state index in [1.165, 1.54) is 0 Å². The molecule has 0 saturated carbocycles. The van der Waals surface area contributed by atoms with Crippen molar-refractivity contribution < 1.29 is 9.47 Å². The summed E-state index contributed by atoms with van der Waals surface area (Å²) in [5.74, 6) is 1.53. The summed E-state index contributed by atoms with van der Waals surface area (Å²) in [5.41, 5.74) is 2.06. The molecule has 0 aromatic heterocycles. The normalized spacial score (nSPS) is 12.6. The van der Waals surface area contributed by atoms with Gasteiger partial charge in [-0.15, -0.1) is 0 Å². The number of nitrogens with one attached hydrogen (secondary N) is 1. The van der Waals surface area contributed by atoms with Crippen molar-refractivity contribution in [1.82, 2.24) is 0 Å². The smallest absolute Gasteiger partial charge is 0.231 e. The van der Waals surface area contributed by atoms with Crippen molar-refractivity contribution in [3.05, 3.63) is 49.9 Å². The molecule has 20 heavy (non-hydrogen) atoms. The third-order valence-corrected chi connectivity index (χ3v) is 4.72. The van der Waals surface area contributed by atoms with Gasteiger partial charge in [0.2, 0.25) is 6.79 Å². The van der Waals surface area contributed by atoms with Crippen molar-refractivity contribution in [2.75, 3.05) is 12.1 Å². The maximum absolute atomic E-state index is 6.07. The van der Waals surface area contributed by atoms with E-state index >= 15 is 0 Å². The second kappa shape index (κ2) is 5.84. The lowest BCUT2D eigenvalue weighted by Gasteiger charge is -2.09. The topological polar surface area (TPSA) is 30.5 Å². The lowest BCUT2D eigenvalue weighted by molar-refractivity contribution is 0.173. The van der Waals surface area contributed by atoms with Gasteiger partial charge in [-0.1, -0.05) is 11.6 Å². The zero-order chi connectivity index (χ0) is 14.1. The molecule has 2 aromatic rings. The molecule has 0 bridgehead atoms. The summed E-state index contributed by atoms with van der Waals surface area (Å²) < 4.78 is 12.5. The Hall–Kier alpha value is -0.910.